The number of nitrogens with one attached hydrogen (secondary N) is 1. The zero-order chi connectivity index (χ0) is 13.0. The second-order valence-corrected chi connectivity index (χ2v) is 4.30. The van der Waals surface area contributed by atoms with Crippen LogP contribution >= 0.6 is 0 Å². The van der Waals surface area contributed by atoms with E-state index < -0.39 is 30.8 Å². The maximum absolute atomic E-state index is 11.7. The molecule has 7 nitrogen and oxygen atoms in total. The summed E-state index contributed by atoms with van der Waals surface area (Å²) in [6, 6.07) is -1.81. The van der Waals surface area contributed by atoms with E-state index in [9.17, 15) is 14.7 Å². The molecule has 0 aliphatic carbocycles. The van der Waals surface area contributed by atoms with Crippen LogP contribution in [0, 0.1) is 5.92 Å². The molecule has 1 fully saturated rings. The van der Waals surface area contributed by atoms with Gasteiger partial charge in [-0.1, -0.05) is 6.92 Å². The Morgan fingerprint density at radius 1 is 1.53 bits per heavy atom. The summed E-state index contributed by atoms with van der Waals surface area (Å²) in [6.07, 6.45) is 0.0537. The highest BCUT2D eigenvalue weighted by Crippen LogP contribution is 2.16. The van der Waals surface area contributed by atoms with Gasteiger partial charge < -0.3 is 25.5 Å². The zero-order valence-electron chi connectivity index (χ0n) is 9.67. The Kier molecular flexibility index (Phi) is 4.71. The van der Waals surface area contributed by atoms with Gasteiger partial charge in [0.2, 0.25) is 0 Å². The number of carbonyl (C=O) groups excluding carboxylic acids is 1. The minimum absolute atomic E-state index is 0.0353. The van der Waals surface area contributed by atoms with Crippen LogP contribution in [0.25, 0.3) is 0 Å². The molecule has 3 unspecified atom stereocenters. The molecule has 1 aliphatic rings. The number of carboxylic acid groups (broad SMARTS) is 1. The van der Waals surface area contributed by atoms with E-state index in [4.69, 9.17) is 10.2 Å². The van der Waals surface area contributed by atoms with Gasteiger partial charge in [-0.2, -0.15) is 0 Å². The number of aliphatic carboxylic acids is 1. The monoisotopic (exact) mass is 246 g/mol. The third-order valence-corrected chi connectivity index (χ3v) is 2.93. The number of aliphatic hydroxyl groups excluding tert-OH is 2. The Bertz CT molecular complexity index is 296. The van der Waals surface area contributed by atoms with E-state index >= 15 is 0 Å². The molecule has 0 bridgehead atoms. The second-order valence-electron chi connectivity index (χ2n) is 4.30. The lowest BCUT2D eigenvalue weighted by atomic mass is 9.97. The van der Waals surface area contributed by atoms with E-state index in [1.165, 1.54) is 4.90 Å². The SMILES string of the molecule is CC1CN(C(=O)NC(CO)C(=O)O)CCC1O. The lowest BCUT2D eigenvalue weighted by molar-refractivity contribution is -0.140. The van der Waals surface area contributed by atoms with Gasteiger partial charge in [0, 0.05) is 13.1 Å². The quantitative estimate of drug-likeness (QED) is 0.502. The van der Waals surface area contributed by atoms with Crippen LogP contribution in [0.1, 0.15) is 13.3 Å². The average Bonchev–Trinajstić information content (AvgIpc) is 2.28. The van der Waals surface area contributed by atoms with Crippen molar-refractivity contribution in [3.05, 3.63) is 0 Å². The van der Waals surface area contributed by atoms with Crippen molar-refractivity contribution in [1.29, 1.82) is 0 Å². The summed E-state index contributed by atoms with van der Waals surface area (Å²) < 4.78 is 0. The van der Waals surface area contributed by atoms with Gasteiger partial charge in [-0.25, -0.2) is 9.59 Å². The van der Waals surface area contributed by atoms with Gasteiger partial charge in [0.05, 0.1) is 12.7 Å². The molecular weight excluding hydrogens is 228 g/mol. The van der Waals surface area contributed by atoms with Gasteiger partial charge in [0.15, 0.2) is 6.04 Å². The summed E-state index contributed by atoms with van der Waals surface area (Å²) in [5.74, 6) is -1.31. The smallest absolute Gasteiger partial charge is 0.328 e. The third kappa shape index (κ3) is 3.57. The molecule has 0 aromatic carbocycles. The first-order valence-corrected chi connectivity index (χ1v) is 5.53. The summed E-state index contributed by atoms with van der Waals surface area (Å²) in [5.41, 5.74) is 0. The Balaban J connectivity index is 2.50. The van der Waals surface area contributed by atoms with E-state index in [1.807, 2.05) is 6.92 Å². The van der Waals surface area contributed by atoms with E-state index in [-0.39, 0.29) is 5.92 Å². The molecule has 1 saturated heterocycles. The summed E-state index contributed by atoms with van der Waals surface area (Å²) in [5, 5.41) is 29.2. The molecule has 17 heavy (non-hydrogen) atoms. The van der Waals surface area contributed by atoms with Crippen LogP contribution in [0.5, 0.6) is 0 Å². The van der Waals surface area contributed by atoms with Crippen molar-refractivity contribution in [2.75, 3.05) is 19.7 Å². The molecular formula is C10H18N2O5. The van der Waals surface area contributed by atoms with Gasteiger partial charge in [-0.3, -0.25) is 0 Å². The molecule has 1 aliphatic heterocycles. The molecule has 3 atom stereocenters. The lowest BCUT2D eigenvalue weighted by Crippen LogP contribution is -2.53. The van der Waals surface area contributed by atoms with Crippen LogP contribution in [0.3, 0.4) is 0 Å². The van der Waals surface area contributed by atoms with Crippen LogP contribution in [0.2, 0.25) is 0 Å². The van der Waals surface area contributed by atoms with E-state index in [1.54, 1.807) is 0 Å². The second kappa shape index (κ2) is 5.83. The Morgan fingerprint density at radius 2 is 2.18 bits per heavy atom. The Labute approximate surface area is 99.0 Å². The number of amides is 2. The number of aliphatic hydroxyl groups is 2. The molecule has 7 heteroatoms. The predicted molar refractivity (Wildman–Crippen MR) is 58.4 cm³/mol. The number of hydrogen-bond donors (Lipinski definition) is 4. The highest BCUT2D eigenvalue weighted by atomic mass is 16.4. The van der Waals surface area contributed by atoms with Gasteiger partial charge in [0.25, 0.3) is 0 Å². The summed E-state index contributed by atoms with van der Waals surface area (Å²) in [4.78, 5) is 23.8. The molecule has 4 N–H and O–H groups in total. The number of carboxylic acids is 1. The standard InChI is InChI=1S/C10H18N2O5/c1-6-4-12(3-2-8(6)14)10(17)11-7(5-13)9(15)16/h6-8,13-14H,2-5H2,1H3,(H,11,17)(H,15,16). The van der Waals surface area contributed by atoms with E-state index in [0.29, 0.717) is 19.5 Å². The normalized spacial score (nSPS) is 26.4. The highest BCUT2D eigenvalue weighted by molar-refractivity contribution is 5.82. The molecule has 0 radical (unpaired) electrons. The first kappa shape index (κ1) is 13.7. The third-order valence-electron chi connectivity index (χ3n) is 2.93. The van der Waals surface area contributed by atoms with Crippen molar-refractivity contribution in [2.24, 2.45) is 5.92 Å². The van der Waals surface area contributed by atoms with Crippen molar-refractivity contribution in [1.82, 2.24) is 10.2 Å². The lowest BCUT2D eigenvalue weighted by Gasteiger charge is -2.34. The van der Waals surface area contributed by atoms with Crippen molar-refractivity contribution >= 4 is 12.0 Å². The molecule has 0 aromatic rings. The van der Waals surface area contributed by atoms with Crippen LogP contribution in [-0.4, -0.2) is 64.1 Å². The molecule has 0 spiro atoms. The Hall–Kier alpha value is -1.34. The first-order valence-electron chi connectivity index (χ1n) is 5.53. The summed E-state index contributed by atoms with van der Waals surface area (Å²) >= 11 is 0. The molecule has 0 saturated carbocycles. The fourth-order valence-electron chi connectivity index (χ4n) is 1.74. The first-order chi connectivity index (χ1) is 7.95. The largest absolute Gasteiger partial charge is 0.480 e. The van der Waals surface area contributed by atoms with Crippen molar-refractivity contribution in [3.63, 3.8) is 0 Å². The van der Waals surface area contributed by atoms with Gasteiger partial charge >= 0.3 is 12.0 Å². The van der Waals surface area contributed by atoms with Crippen LogP contribution < -0.4 is 5.32 Å². The fraction of sp³-hybridized carbons (Fsp3) is 0.800. The number of rotatable bonds is 3. The van der Waals surface area contributed by atoms with Gasteiger partial charge in [-0.05, 0) is 12.3 Å². The molecule has 2 amide bonds. The fourth-order valence-corrected chi connectivity index (χ4v) is 1.74. The predicted octanol–water partition coefficient (Wildman–Crippen LogP) is -1.16. The maximum atomic E-state index is 11.7. The molecule has 1 heterocycles. The number of nitrogens with zero attached hydrogens (tertiary/aromatic N) is 1. The minimum Gasteiger partial charge on any atom is -0.480 e. The molecule has 1 rings (SSSR count). The van der Waals surface area contributed by atoms with E-state index in [0.717, 1.165) is 0 Å². The van der Waals surface area contributed by atoms with Crippen molar-refractivity contribution in [3.8, 4) is 0 Å². The molecule has 0 aromatic heterocycles. The van der Waals surface area contributed by atoms with Crippen molar-refractivity contribution in [2.45, 2.75) is 25.5 Å². The van der Waals surface area contributed by atoms with Crippen molar-refractivity contribution < 1.29 is 24.9 Å². The minimum atomic E-state index is -1.29. The van der Waals surface area contributed by atoms with Crippen LogP contribution in [0.15, 0.2) is 0 Å². The number of piperidine rings is 1. The topological polar surface area (TPSA) is 110 Å². The average molecular weight is 246 g/mol. The number of carbonyl (C=O) groups is 2. The van der Waals surface area contributed by atoms with E-state index in [2.05, 4.69) is 5.32 Å². The van der Waals surface area contributed by atoms with Crippen LogP contribution in [-0.2, 0) is 4.79 Å². The maximum Gasteiger partial charge on any atom is 0.328 e. The summed E-state index contributed by atoms with van der Waals surface area (Å²) in [7, 11) is 0. The number of hydrogen-bond acceptors (Lipinski definition) is 4. The zero-order valence-corrected chi connectivity index (χ0v) is 9.67. The van der Waals surface area contributed by atoms with Crippen LogP contribution in [0.4, 0.5) is 4.79 Å². The summed E-state index contributed by atoms with van der Waals surface area (Å²) in [6.45, 7) is 1.94. The van der Waals surface area contributed by atoms with Gasteiger partial charge in [-0.15, -0.1) is 0 Å². The number of likely N-dealkylation sites (tertiary alicyclic amines) is 1. The molecule has 98 valence electrons. The number of urea groups is 1. The Morgan fingerprint density at radius 3 is 2.65 bits per heavy atom. The van der Waals surface area contributed by atoms with Gasteiger partial charge in [0.1, 0.15) is 0 Å². The highest BCUT2D eigenvalue weighted by Gasteiger charge is 2.29.